The van der Waals surface area contributed by atoms with Crippen LogP contribution in [0.1, 0.15) is 36.1 Å². The van der Waals surface area contributed by atoms with Crippen LogP contribution in [0.5, 0.6) is 0 Å². The molecule has 0 bridgehead atoms. The van der Waals surface area contributed by atoms with Gasteiger partial charge in [0, 0.05) is 0 Å². The van der Waals surface area contributed by atoms with Gasteiger partial charge < -0.3 is 0 Å². The second-order valence-electron chi connectivity index (χ2n) is 9.68. The lowest BCUT2D eigenvalue weighted by atomic mass is 9.91. The second kappa shape index (κ2) is 12.4. The number of fused-ring (bicyclic) bond motifs is 2. The summed E-state index contributed by atoms with van der Waals surface area (Å²) in [5.41, 5.74) is 10.5. The van der Waals surface area contributed by atoms with Gasteiger partial charge in [0.25, 0.3) is 0 Å². The lowest BCUT2D eigenvalue weighted by Gasteiger charge is -2.13. The molecule has 0 radical (unpaired) electrons. The van der Waals surface area contributed by atoms with E-state index >= 15 is 0 Å². The molecule has 6 aromatic carbocycles. The van der Waals surface area contributed by atoms with Gasteiger partial charge in [-0.2, -0.15) is 0 Å². The van der Waals surface area contributed by atoms with Crippen LogP contribution < -0.4 is 0 Å². The summed E-state index contributed by atoms with van der Waals surface area (Å²) in [6, 6.07) is 43.6. The molecule has 0 aliphatic rings. The Labute approximate surface area is 228 Å². The van der Waals surface area contributed by atoms with Gasteiger partial charge >= 0.3 is 0 Å². The molecule has 0 heterocycles. The molecule has 6 aromatic rings. The summed E-state index contributed by atoms with van der Waals surface area (Å²) in [6.45, 7) is 12.6. The highest BCUT2D eigenvalue weighted by molar-refractivity contribution is 6.06. The third kappa shape index (κ3) is 5.87. The van der Waals surface area contributed by atoms with Gasteiger partial charge in [0.15, 0.2) is 0 Å². The third-order valence-corrected chi connectivity index (χ3v) is 7.01. The molecule has 0 heteroatoms. The summed E-state index contributed by atoms with van der Waals surface area (Å²) in [5, 5.41) is 5.34. The Morgan fingerprint density at radius 2 is 0.632 bits per heavy atom. The zero-order valence-electron chi connectivity index (χ0n) is 23.5. The van der Waals surface area contributed by atoms with Gasteiger partial charge in [-0.1, -0.05) is 146 Å². The average Bonchev–Trinajstić information content (AvgIpc) is 2.97. The van der Waals surface area contributed by atoms with Crippen molar-refractivity contribution < 1.29 is 0 Å². The van der Waals surface area contributed by atoms with Crippen LogP contribution in [0.15, 0.2) is 121 Å². The van der Waals surface area contributed by atoms with Crippen molar-refractivity contribution in [2.24, 2.45) is 0 Å². The van der Waals surface area contributed by atoms with E-state index in [0.717, 1.165) is 0 Å². The van der Waals surface area contributed by atoms with Crippen LogP contribution >= 0.6 is 0 Å². The third-order valence-electron chi connectivity index (χ3n) is 7.01. The largest absolute Gasteiger partial charge is 0.0683 e. The van der Waals surface area contributed by atoms with Gasteiger partial charge in [-0.25, -0.2) is 0 Å². The summed E-state index contributed by atoms with van der Waals surface area (Å²) in [6.07, 6.45) is 0. The minimum Gasteiger partial charge on any atom is -0.0683 e. The topological polar surface area (TPSA) is 0 Å². The van der Waals surface area contributed by atoms with Crippen molar-refractivity contribution in [1.82, 2.24) is 0 Å². The molecule has 0 nitrogen and oxygen atoms in total. The van der Waals surface area contributed by atoms with E-state index in [1.165, 1.54) is 66.1 Å². The van der Waals surface area contributed by atoms with Gasteiger partial charge in [-0.05, 0) is 82.6 Å². The van der Waals surface area contributed by atoms with Crippen LogP contribution in [0.4, 0.5) is 0 Å². The standard InChI is InChI=1S/C22H18.C14H14.C2H6/c1-15-11-13-21(19-9-5-3-7-17(15)19)22-14-12-16(2)18-8-4-6-10-20(18)22;1-11-3-7-13(8-4-11)14-9-5-12(2)6-10-14;1-2/h3-14H,1-2H3;3-10H,1-2H3;1-2H3. The lowest BCUT2D eigenvalue weighted by Crippen LogP contribution is -1.87. The maximum Gasteiger partial charge on any atom is -0.00990 e. The fourth-order valence-corrected chi connectivity index (χ4v) is 4.86. The van der Waals surface area contributed by atoms with Crippen LogP contribution in [0, 0.1) is 27.7 Å². The zero-order valence-corrected chi connectivity index (χ0v) is 23.5. The maximum atomic E-state index is 2.26. The normalized spacial score (nSPS) is 10.4. The second-order valence-corrected chi connectivity index (χ2v) is 9.68. The molecule has 38 heavy (non-hydrogen) atoms. The Hall–Kier alpha value is -4.16. The van der Waals surface area contributed by atoms with E-state index in [9.17, 15) is 0 Å². The van der Waals surface area contributed by atoms with Crippen molar-refractivity contribution >= 4 is 21.5 Å². The molecule has 0 amide bonds. The molecule has 0 N–H and O–H groups in total. The lowest BCUT2D eigenvalue weighted by molar-refractivity contribution is 1.45. The molecule has 0 aromatic heterocycles. The van der Waals surface area contributed by atoms with Crippen molar-refractivity contribution in [2.45, 2.75) is 41.5 Å². The van der Waals surface area contributed by atoms with Crippen LogP contribution in [0.2, 0.25) is 0 Å². The van der Waals surface area contributed by atoms with Crippen LogP contribution in [-0.2, 0) is 0 Å². The van der Waals surface area contributed by atoms with Gasteiger partial charge in [0.05, 0.1) is 0 Å². The van der Waals surface area contributed by atoms with Gasteiger partial charge in [-0.3, -0.25) is 0 Å². The van der Waals surface area contributed by atoms with E-state index in [1.54, 1.807) is 0 Å². The van der Waals surface area contributed by atoms with Gasteiger partial charge in [0.1, 0.15) is 0 Å². The highest BCUT2D eigenvalue weighted by Gasteiger charge is 2.09. The first-order valence-electron chi connectivity index (χ1n) is 13.6. The SMILES string of the molecule is CC.Cc1ccc(-c2ccc(C)c3ccccc23)c2ccccc12.Cc1ccc(-c2ccc(C)cc2)cc1. The molecular formula is C38H38. The first-order valence-corrected chi connectivity index (χ1v) is 13.6. The van der Waals surface area contributed by atoms with Crippen LogP contribution in [0.3, 0.4) is 0 Å². The van der Waals surface area contributed by atoms with E-state index in [4.69, 9.17) is 0 Å². The van der Waals surface area contributed by atoms with E-state index in [1.807, 2.05) is 13.8 Å². The summed E-state index contributed by atoms with van der Waals surface area (Å²) >= 11 is 0. The quantitative estimate of drug-likeness (QED) is 0.224. The molecule has 190 valence electrons. The smallest absolute Gasteiger partial charge is 0.00990 e. The van der Waals surface area contributed by atoms with E-state index in [-0.39, 0.29) is 0 Å². The molecule has 6 rings (SSSR count). The number of hydrogen-bond acceptors (Lipinski definition) is 0. The first-order chi connectivity index (χ1) is 18.5. The summed E-state index contributed by atoms with van der Waals surface area (Å²) < 4.78 is 0. The fourth-order valence-electron chi connectivity index (χ4n) is 4.86. The molecule has 0 fully saturated rings. The number of aryl methyl sites for hydroxylation is 4. The zero-order chi connectivity index (χ0) is 27.1. The van der Waals surface area contributed by atoms with Crippen molar-refractivity contribution in [3.8, 4) is 22.3 Å². The Kier molecular flexibility index (Phi) is 8.77. The fraction of sp³-hybridized carbons (Fsp3) is 0.158. The molecule has 0 atom stereocenters. The minimum atomic E-state index is 1.29. The van der Waals surface area contributed by atoms with Crippen LogP contribution in [-0.4, -0.2) is 0 Å². The van der Waals surface area contributed by atoms with Gasteiger partial charge in [0.2, 0.25) is 0 Å². The van der Waals surface area contributed by atoms with Crippen LogP contribution in [0.25, 0.3) is 43.8 Å². The number of rotatable bonds is 2. The first kappa shape index (κ1) is 26.9. The summed E-state index contributed by atoms with van der Waals surface area (Å²) in [4.78, 5) is 0. The Balaban J connectivity index is 0.000000182. The van der Waals surface area contributed by atoms with E-state index in [0.29, 0.717) is 0 Å². The van der Waals surface area contributed by atoms with Gasteiger partial charge in [-0.15, -0.1) is 0 Å². The number of benzene rings is 6. The summed E-state index contributed by atoms with van der Waals surface area (Å²) in [5.74, 6) is 0. The minimum absolute atomic E-state index is 1.29. The average molecular weight is 495 g/mol. The Bertz CT molecular complexity index is 1510. The molecule has 0 aliphatic carbocycles. The molecule has 0 saturated carbocycles. The maximum absolute atomic E-state index is 2.26. The van der Waals surface area contributed by atoms with Crippen molar-refractivity contribution in [3.05, 3.63) is 144 Å². The monoisotopic (exact) mass is 494 g/mol. The molecular weight excluding hydrogens is 456 g/mol. The molecule has 0 unspecified atom stereocenters. The Morgan fingerprint density at radius 3 is 0.974 bits per heavy atom. The van der Waals surface area contributed by atoms with Crippen molar-refractivity contribution in [3.63, 3.8) is 0 Å². The molecule has 0 aliphatic heterocycles. The summed E-state index contributed by atoms with van der Waals surface area (Å²) in [7, 11) is 0. The highest BCUT2D eigenvalue weighted by Crippen LogP contribution is 2.36. The number of hydrogen-bond donors (Lipinski definition) is 0. The predicted molar refractivity (Wildman–Crippen MR) is 169 cm³/mol. The van der Waals surface area contributed by atoms with E-state index < -0.39 is 0 Å². The van der Waals surface area contributed by atoms with Crippen molar-refractivity contribution in [1.29, 1.82) is 0 Å². The Morgan fingerprint density at radius 1 is 0.316 bits per heavy atom. The highest BCUT2D eigenvalue weighted by atomic mass is 14.1. The molecule has 0 spiro atoms. The van der Waals surface area contributed by atoms with E-state index in [2.05, 4.69) is 149 Å². The predicted octanol–water partition coefficient (Wildman–Crippen LogP) is 11.3. The van der Waals surface area contributed by atoms with Crippen molar-refractivity contribution in [2.75, 3.05) is 0 Å². The molecule has 0 saturated heterocycles.